The average molecular weight is 445 g/mol. The van der Waals surface area contributed by atoms with Gasteiger partial charge in [-0.2, -0.15) is 0 Å². The number of nitrogens with zero attached hydrogens (tertiary/aromatic N) is 3. The Morgan fingerprint density at radius 1 is 1.16 bits per heavy atom. The van der Waals surface area contributed by atoms with E-state index < -0.39 is 30.4 Å². The fourth-order valence-electron chi connectivity index (χ4n) is 3.05. The zero-order chi connectivity index (χ0) is 24.0. The van der Waals surface area contributed by atoms with Crippen LogP contribution in [0.15, 0.2) is 30.3 Å². The van der Waals surface area contributed by atoms with E-state index in [0.717, 1.165) is 0 Å². The highest BCUT2D eigenvalue weighted by molar-refractivity contribution is 5.89. The maximum absolute atomic E-state index is 13.5. The molecular weight excluding hydrogens is 417 g/mol. The number of rotatable bonds is 9. The van der Waals surface area contributed by atoms with E-state index in [4.69, 9.17) is 5.11 Å². The van der Waals surface area contributed by atoms with Gasteiger partial charge in [0.15, 0.2) is 0 Å². The Bertz CT molecular complexity index is 992. The van der Waals surface area contributed by atoms with Gasteiger partial charge in [0.05, 0.1) is 30.0 Å². The van der Waals surface area contributed by atoms with Crippen LogP contribution in [0.4, 0.5) is 10.3 Å². The lowest BCUT2D eigenvalue weighted by molar-refractivity contribution is -0.139. The maximum atomic E-state index is 13.5. The van der Waals surface area contributed by atoms with Crippen LogP contribution in [0.2, 0.25) is 0 Å². The second kappa shape index (κ2) is 10.9. The molecule has 2 aromatic rings. The average Bonchev–Trinajstić information content (AvgIpc) is 2.70. The molecule has 0 spiro atoms. The van der Waals surface area contributed by atoms with Gasteiger partial charge in [0.1, 0.15) is 5.82 Å². The number of hydrogen-bond acceptors (Lipinski definition) is 6. The Kier molecular flexibility index (Phi) is 8.56. The standard InChI is InChI=1S/C23H28FN3O5/c1-13(2)21-19(10-9-17(29)11-18(30)12-20(31)32)22(15-5-7-16(24)8-6-15)26-23(25-21)27(4)14(3)28/h5-10,13,17-18,29-30H,11-12H2,1-4H3,(H,31,32)/b10-9+/t17-,18-/m1/s1. The number of aliphatic hydroxyl groups excluding tert-OH is 2. The SMILES string of the molecule is CC(=O)N(C)c1nc(-c2ccc(F)cc2)c(/C=C/[C@@H](O)C[C@@H](O)CC(=O)O)c(C(C)C)n1. The Labute approximate surface area is 186 Å². The summed E-state index contributed by atoms with van der Waals surface area (Å²) < 4.78 is 13.5. The molecule has 8 nitrogen and oxygen atoms in total. The molecule has 0 unspecified atom stereocenters. The fourth-order valence-corrected chi connectivity index (χ4v) is 3.05. The molecule has 3 N–H and O–H groups in total. The lowest BCUT2D eigenvalue weighted by atomic mass is 9.97. The number of carbonyl (C=O) groups is 2. The van der Waals surface area contributed by atoms with Crippen LogP contribution in [0, 0.1) is 5.82 Å². The van der Waals surface area contributed by atoms with Gasteiger partial charge in [-0.3, -0.25) is 14.5 Å². The molecule has 0 radical (unpaired) electrons. The van der Waals surface area contributed by atoms with Gasteiger partial charge in [0.2, 0.25) is 11.9 Å². The summed E-state index contributed by atoms with van der Waals surface area (Å²) in [6.45, 7) is 5.22. The molecule has 1 heterocycles. The van der Waals surface area contributed by atoms with Crippen molar-refractivity contribution in [2.45, 2.75) is 51.7 Å². The van der Waals surface area contributed by atoms with Crippen LogP contribution in [0.1, 0.15) is 50.8 Å². The predicted octanol–water partition coefficient (Wildman–Crippen LogP) is 2.99. The van der Waals surface area contributed by atoms with E-state index in [1.54, 1.807) is 25.3 Å². The number of carbonyl (C=O) groups excluding carboxylic acids is 1. The van der Waals surface area contributed by atoms with E-state index in [1.807, 2.05) is 13.8 Å². The normalized spacial score (nSPS) is 13.4. The van der Waals surface area contributed by atoms with Crippen LogP contribution >= 0.6 is 0 Å². The summed E-state index contributed by atoms with van der Waals surface area (Å²) in [4.78, 5) is 33.0. The highest BCUT2D eigenvalue weighted by Crippen LogP contribution is 2.31. The summed E-state index contributed by atoms with van der Waals surface area (Å²) in [5.74, 6) is -1.71. The van der Waals surface area contributed by atoms with Gasteiger partial charge in [0, 0.05) is 31.5 Å². The smallest absolute Gasteiger partial charge is 0.305 e. The van der Waals surface area contributed by atoms with Crippen molar-refractivity contribution in [1.82, 2.24) is 9.97 Å². The monoisotopic (exact) mass is 445 g/mol. The molecule has 0 saturated carbocycles. The van der Waals surface area contributed by atoms with Crippen LogP contribution in [-0.2, 0) is 9.59 Å². The number of aliphatic carboxylic acids is 1. The molecule has 0 saturated heterocycles. The lowest BCUT2D eigenvalue weighted by Gasteiger charge is -2.20. The van der Waals surface area contributed by atoms with Crippen LogP contribution in [0.25, 0.3) is 17.3 Å². The molecule has 172 valence electrons. The van der Waals surface area contributed by atoms with E-state index in [-0.39, 0.29) is 24.2 Å². The van der Waals surface area contributed by atoms with Gasteiger partial charge in [-0.1, -0.05) is 26.0 Å². The second-order valence-electron chi connectivity index (χ2n) is 7.82. The molecule has 0 bridgehead atoms. The van der Waals surface area contributed by atoms with Crippen LogP contribution in [-0.4, -0.2) is 56.4 Å². The topological polar surface area (TPSA) is 124 Å². The highest BCUT2D eigenvalue weighted by atomic mass is 19.1. The zero-order valence-electron chi connectivity index (χ0n) is 18.5. The molecule has 2 rings (SSSR count). The molecule has 0 aliphatic carbocycles. The van der Waals surface area contributed by atoms with Crippen molar-refractivity contribution < 1.29 is 29.3 Å². The Hall–Kier alpha value is -3.17. The molecule has 9 heteroatoms. The van der Waals surface area contributed by atoms with E-state index in [0.29, 0.717) is 22.5 Å². The Morgan fingerprint density at radius 3 is 2.31 bits per heavy atom. The number of amides is 1. The molecule has 0 aliphatic rings. The van der Waals surface area contributed by atoms with Gasteiger partial charge in [-0.15, -0.1) is 0 Å². The fraction of sp³-hybridized carbons (Fsp3) is 0.391. The number of halogens is 1. The number of hydrogen-bond donors (Lipinski definition) is 3. The first-order valence-corrected chi connectivity index (χ1v) is 10.2. The maximum Gasteiger partial charge on any atom is 0.305 e. The summed E-state index contributed by atoms with van der Waals surface area (Å²) >= 11 is 0. The first-order chi connectivity index (χ1) is 15.0. The quantitative estimate of drug-likeness (QED) is 0.542. The Balaban J connectivity index is 2.56. The summed E-state index contributed by atoms with van der Waals surface area (Å²) in [5, 5.41) is 28.8. The van der Waals surface area contributed by atoms with Gasteiger partial charge in [-0.05, 0) is 30.2 Å². The minimum Gasteiger partial charge on any atom is -0.481 e. The minimum atomic E-state index is -1.20. The Morgan fingerprint density at radius 2 is 1.78 bits per heavy atom. The predicted molar refractivity (Wildman–Crippen MR) is 119 cm³/mol. The molecule has 0 fully saturated rings. The third kappa shape index (κ3) is 6.66. The van der Waals surface area contributed by atoms with E-state index in [9.17, 15) is 24.2 Å². The van der Waals surface area contributed by atoms with Gasteiger partial charge in [-0.25, -0.2) is 14.4 Å². The van der Waals surface area contributed by atoms with E-state index in [1.165, 1.54) is 30.0 Å². The van der Waals surface area contributed by atoms with E-state index in [2.05, 4.69) is 9.97 Å². The van der Waals surface area contributed by atoms with Crippen molar-refractivity contribution >= 4 is 23.9 Å². The minimum absolute atomic E-state index is 0.0781. The van der Waals surface area contributed by atoms with Crippen molar-refractivity contribution in [3.05, 3.63) is 47.4 Å². The van der Waals surface area contributed by atoms with Crippen molar-refractivity contribution in [2.75, 3.05) is 11.9 Å². The van der Waals surface area contributed by atoms with Crippen molar-refractivity contribution in [2.24, 2.45) is 0 Å². The molecule has 0 aliphatic heterocycles. The number of carboxylic acids is 1. The summed E-state index contributed by atoms with van der Waals surface area (Å²) in [5.41, 5.74) is 2.21. The number of aromatic nitrogens is 2. The molecule has 32 heavy (non-hydrogen) atoms. The van der Waals surface area contributed by atoms with Crippen molar-refractivity contribution in [1.29, 1.82) is 0 Å². The third-order valence-corrected chi connectivity index (χ3v) is 4.81. The first-order valence-electron chi connectivity index (χ1n) is 10.2. The second-order valence-corrected chi connectivity index (χ2v) is 7.82. The van der Waals surface area contributed by atoms with Crippen LogP contribution in [0.5, 0.6) is 0 Å². The van der Waals surface area contributed by atoms with Crippen molar-refractivity contribution in [3.63, 3.8) is 0 Å². The number of benzene rings is 1. The number of anilines is 1. The largest absolute Gasteiger partial charge is 0.481 e. The number of carboxylic acid groups (broad SMARTS) is 1. The van der Waals surface area contributed by atoms with Gasteiger partial charge in [0.25, 0.3) is 0 Å². The molecule has 1 aromatic carbocycles. The van der Waals surface area contributed by atoms with Gasteiger partial charge >= 0.3 is 5.97 Å². The summed E-state index contributed by atoms with van der Waals surface area (Å²) in [6, 6.07) is 5.71. The molecular formula is C23H28FN3O5. The van der Waals surface area contributed by atoms with Gasteiger partial charge < -0.3 is 15.3 Å². The third-order valence-electron chi connectivity index (χ3n) is 4.81. The molecule has 2 atom stereocenters. The summed E-state index contributed by atoms with van der Waals surface area (Å²) in [7, 11) is 1.55. The van der Waals surface area contributed by atoms with E-state index >= 15 is 0 Å². The van der Waals surface area contributed by atoms with Crippen molar-refractivity contribution in [3.8, 4) is 11.3 Å². The highest BCUT2D eigenvalue weighted by Gasteiger charge is 2.20. The first kappa shape index (κ1) is 25.1. The summed E-state index contributed by atoms with van der Waals surface area (Å²) in [6.07, 6.45) is 0.0949. The number of aliphatic hydroxyl groups is 2. The molecule has 1 amide bonds. The molecule has 1 aromatic heterocycles. The van der Waals surface area contributed by atoms with Crippen LogP contribution in [0.3, 0.4) is 0 Å². The zero-order valence-corrected chi connectivity index (χ0v) is 18.5. The lowest BCUT2D eigenvalue weighted by Crippen LogP contribution is -2.26. The van der Waals surface area contributed by atoms with Crippen LogP contribution < -0.4 is 4.90 Å².